The molecule has 1 heterocycles. The first-order valence-electron chi connectivity index (χ1n) is 6.41. The highest BCUT2D eigenvalue weighted by Gasteiger charge is 2.32. The monoisotopic (exact) mass is 368 g/mol. The Bertz CT molecular complexity index is 814. The molecule has 0 fully saturated rings. The number of benzene rings is 2. The summed E-state index contributed by atoms with van der Waals surface area (Å²) in [4.78, 5) is 0.295. The van der Waals surface area contributed by atoms with Crippen LogP contribution in [0.4, 0.5) is 0 Å². The molecule has 4 nitrogen and oxygen atoms in total. The first-order valence-corrected chi connectivity index (χ1v) is 8.68. The molecular weight excluding hydrogens is 356 g/mol. The molecule has 0 aromatic heterocycles. The minimum Gasteiger partial charge on any atom is -0.455 e. The lowest BCUT2D eigenvalue weighted by Crippen LogP contribution is -2.12. The molecule has 1 aliphatic heterocycles. The molecule has 3 rings (SSSR count). The summed E-state index contributed by atoms with van der Waals surface area (Å²) in [5.41, 5.74) is 0.766. The second kappa shape index (κ2) is 5.12. The lowest BCUT2D eigenvalue weighted by Gasteiger charge is -2.22. The average Bonchev–Trinajstić information content (AvgIpc) is 2.47. The van der Waals surface area contributed by atoms with E-state index < -0.39 is 9.84 Å². The molecule has 0 spiro atoms. The average molecular weight is 369 g/mol. The number of rotatable bonds is 2. The number of hydrogen-bond donors (Lipinski definition) is 1. The molecule has 0 amide bonds. The van der Waals surface area contributed by atoms with Crippen LogP contribution in [0.5, 0.6) is 11.5 Å². The fourth-order valence-corrected chi connectivity index (χ4v) is 4.32. The Morgan fingerprint density at radius 3 is 2.43 bits per heavy atom. The van der Waals surface area contributed by atoms with Crippen molar-refractivity contribution in [3.63, 3.8) is 0 Å². The van der Waals surface area contributed by atoms with Gasteiger partial charge in [0.05, 0.1) is 0 Å². The number of sulfone groups is 1. The molecule has 0 saturated carbocycles. The van der Waals surface area contributed by atoms with E-state index in [0.717, 1.165) is 5.56 Å². The van der Waals surface area contributed by atoms with E-state index >= 15 is 0 Å². The Morgan fingerprint density at radius 2 is 1.76 bits per heavy atom. The second-order valence-electron chi connectivity index (χ2n) is 4.99. The third kappa shape index (κ3) is 2.37. The zero-order chi connectivity index (χ0) is 15.2. The van der Waals surface area contributed by atoms with Crippen molar-refractivity contribution in [2.75, 3.05) is 6.61 Å². The molecule has 2 aromatic carbocycles. The summed E-state index contributed by atoms with van der Waals surface area (Å²) in [5.74, 6) is 0.516. The first-order chi connectivity index (χ1) is 9.93. The van der Waals surface area contributed by atoms with Crippen LogP contribution < -0.4 is 4.74 Å². The molecule has 0 saturated heterocycles. The number of halogens is 1. The Hall–Kier alpha value is -1.37. The predicted molar refractivity (Wildman–Crippen MR) is 81.6 cm³/mol. The number of aliphatic hydroxyl groups is 1. The molecule has 0 aliphatic carbocycles. The fourth-order valence-electron chi connectivity index (χ4n) is 2.24. The molecule has 1 N–H and O–H groups in total. The second-order valence-corrected chi connectivity index (χ2v) is 7.79. The molecule has 1 aliphatic rings. The van der Waals surface area contributed by atoms with Crippen molar-refractivity contribution >= 4 is 25.8 Å². The van der Waals surface area contributed by atoms with Crippen molar-refractivity contribution in [1.82, 2.24) is 0 Å². The Labute approximate surface area is 131 Å². The Morgan fingerprint density at radius 1 is 1.14 bits per heavy atom. The fraction of sp³-hybridized carbons (Fsp3) is 0.200. The number of ether oxygens (including phenoxy) is 1. The van der Waals surface area contributed by atoms with E-state index in [0.29, 0.717) is 16.0 Å². The van der Waals surface area contributed by atoms with Crippen LogP contribution in [0.25, 0.3) is 0 Å². The number of fused-ring (bicyclic) bond motifs is 2. The lowest BCUT2D eigenvalue weighted by atomic mass is 10.0. The van der Waals surface area contributed by atoms with Crippen LogP contribution in [0.2, 0.25) is 0 Å². The van der Waals surface area contributed by atoms with Crippen molar-refractivity contribution in [2.24, 2.45) is 0 Å². The van der Waals surface area contributed by atoms with E-state index in [1.165, 1.54) is 6.07 Å². The molecule has 1 atom stereocenters. The summed E-state index contributed by atoms with van der Waals surface area (Å²) in [6.45, 7) is 1.80. The van der Waals surface area contributed by atoms with Crippen LogP contribution in [0.15, 0.2) is 50.7 Å². The van der Waals surface area contributed by atoms with Crippen LogP contribution in [0.3, 0.4) is 0 Å². The lowest BCUT2D eigenvalue weighted by molar-refractivity contribution is 0.273. The zero-order valence-corrected chi connectivity index (χ0v) is 13.6. The highest BCUT2D eigenvalue weighted by atomic mass is 79.9. The standard InChI is InChI=1S/C15H13BrO4S/c1-9(8-17)10-2-4-12-14(6-10)21(18,19)15-7-11(16)3-5-13(15)20-12/h2-7,9,17H,8H2,1H3. The zero-order valence-electron chi connectivity index (χ0n) is 11.2. The van der Waals surface area contributed by atoms with E-state index in [4.69, 9.17) is 4.74 Å². The van der Waals surface area contributed by atoms with Crippen LogP contribution >= 0.6 is 15.9 Å². The number of hydrogen-bond acceptors (Lipinski definition) is 4. The van der Waals surface area contributed by atoms with Gasteiger partial charge in [0.15, 0.2) is 0 Å². The van der Waals surface area contributed by atoms with E-state index in [1.54, 1.807) is 30.3 Å². The molecular formula is C15H13BrO4S. The summed E-state index contributed by atoms with van der Waals surface area (Å²) < 4.78 is 31.8. The van der Waals surface area contributed by atoms with Gasteiger partial charge in [-0.05, 0) is 35.9 Å². The van der Waals surface area contributed by atoms with Gasteiger partial charge in [0.1, 0.15) is 21.3 Å². The van der Waals surface area contributed by atoms with E-state index in [2.05, 4.69) is 15.9 Å². The Balaban J connectivity index is 2.21. The highest BCUT2D eigenvalue weighted by molar-refractivity contribution is 9.10. The smallest absolute Gasteiger partial charge is 0.214 e. The van der Waals surface area contributed by atoms with Gasteiger partial charge < -0.3 is 9.84 Å². The topological polar surface area (TPSA) is 63.6 Å². The van der Waals surface area contributed by atoms with Gasteiger partial charge in [0.2, 0.25) is 9.84 Å². The van der Waals surface area contributed by atoms with Crippen molar-refractivity contribution in [3.8, 4) is 11.5 Å². The SMILES string of the molecule is CC(CO)c1ccc2c(c1)S(=O)(=O)c1cc(Br)ccc1O2. The van der Waals surface area contributed by atoms with Crippen LogP contribution in [0.1, 0.15) is 18.4 Å². The molecule has 6 heteroatoms. The maximum Gasteiger partial charge on any atom is 0.214 e. The van der Waals surface area contributed by atoms with Gasteiger partial charge in [0.25, 0.3) is 0 Å². The summed E-state index contributed by atoms with van der Waals surface area (Å²) >= 11 is 3.28. The molecule has 0 bridgehead atoms. The van der Waals surface area contributed by atoms with E-state index in [9.17, 15) is 13.5 Å². The quantitative estimate of drug-likeness (QED) is 0.751. The largest absolute Gasteiger partial charge is 0.455 e. The van der Waals surface area contributed by atoms with Gasteiger partial charge in [-0.15, -0.1) is 0 Å². The van der Waals surface area contributed by atoms with Crippen LogP contribution in [-0.4, -0.2) is 20.1 Å². The molecule has 2 aromatic rings. The summed E-state index contributed by atoms with van der Waals surface area (Å²) in [5, 5.41) is 9.23. The van der Waals surface area contributed by atoms with Gasteiger partial charge in [-0.3, -0.25) is 0 Å². The van der Waals surface area contributed by atoms with Gasteiger partial charge in [-0.2, -0.15) is 0 Å². The summed E-state index contributed by atoms with van der Waals surface area (Å²) in [7, 11) is -3.62. The molecule has 110 valence electrons. The van der Waals surface area contributed by atoms with Crippen molar-refractivity contribution in [1.29, 1.82) is 0 Å². The Kier molecular flexibility index (Phi) is 3.55. The van der Waals surface area contributed by atoms with E-state index in [-0.39, 0.29) is 22.3 Å². The molecule has 0 radical (unpaired) electrons. The maximum absolute atomic E-state index is 12.7. The van der Waals surface area contributed by atoms with Crippen molar-refractivity contribution < 1.29 is 18.3 Å². The number of aliphatic hydroxyl groups excluding tert-OH is 1. The van der Waals surface area contributed by atoms with Crippen molar-refractivity contribution in [3.05, 3.63) is 46.4 Å². The van der Waals surface area contributed by atoms with Gasteiger partial charge in [-0.25, -0.2) is 8.42 Å². The third-order valence-electron chi connectivity index (χ3n) is 3.52. The van der Waals surface area contributed by atoms with Crippen LogP contribution in [-0.2, 0) is 9.84 Å². The molecule has 1 unspecified atom stereocenters. The minimum absolute atomic E-state index is 0.0399. The van der Waals surface area contributed by atoms with Gasteiger partial charge in [0, 0.05) is 17.0 Å². The summed E-state index contributed by atoms with van der Waals surface area (Å²) in [6.07, 6.45) is 0. The van der Waals surface area contributed by atoms with Gasteiger partial charge >= 0.3 is 0 Å². The first kappa shape index (κ1) is 14.6. The molecule has 21 heavy (non-hydrogen) atoms. The summed E-state index contributed by atoms with van der Waals surface area (Å²) in [6, 6.07) is 9.90. The maximum atomic E-state index is 12.7. The highest BCUT2D eigenvalue weighted by Crippen LogP contribution is 2.44. The normalized spacial score (nSPS) is 16.5. The third-order valence-corrected chi connectivity index (χ3v) is 5.80. The van der Waals surface area contributed by atoms with Gasteiger partial charge in [-0.1, -0.05) is 28.9 Å². The van der Waals surface area contributed by atoms with E-state index in [1.807, 2.05) is 6.92 Å². The predicted octanol–water partition coefficient (Wildman–Crippen LogP) is 3.48. The van der Waals surface area contributed by atoms with Crippen LogP contribution in [0, 0.1) is 0 Å². The minimum atomic E-state index is -3.62. The van der Waals surface area contributed by atoms with Crippen molar-refractivity contribution in [2.45, 2.75) is 22.6 Å².